The van der Waals surface area contributed by atoms with E-state index in [9.17, 15) is 8.42 Å². The molecule has 0 aromatic carbocycles. The zero-order chi connectivity index (χ0) is 14.9. The van der Waals surface area contributed by atoms with Crippen molar-refractivity contribution in [3.8, 4) is 0 Å². The summed E-state index contributed by atoms with van der Waals surface area (Å²) in [4.78, 5) is 8.21. The van der Waals surface area contributed by atoms with Gasteiger partial charge in [-0.3, -0.25) is 4.98 Å². The van der Waals surface area contributed by atoms with Gasteiger partial charge in [0.2, 0.25) is 15.9 Å². The van der Waals surface area contributed by atoms with E-state index >= 15 is 0 Å². The Bertz CT molecular complexity index is 721. The number of hydrogen-bond donors (Lipinski definition) is 1. The van der Waals surface area contributed by atoms with E-state index in [-0.39, 0.29) is 4.90 Å². The van der Waals surface area contributed by atoms with Crippen LogP contribution in [-0.4, -0.2) is 23.5 Å². The normalized spacial score (nSPS) is 18.0. The van der Waals surface area contributed by atoms with Crippen molar-refractivity contribution in [2.75, 3.05) is 0 Å². The Morgan fingerprint density at radius 1 is 1.33 bits per heavy atom. The van der Waals surface area contributed by atoms with Crippen LogP contribution in [0, 0.1) is 6.92 Å². The lowest BCUT2D eigenvalue weighted by atomic mass is 9.99. The first-order valence-electron chi connectivity index (χ1n) is 6.77. The minimum absolute atomic E-state index is 0.136. The second-order valence-electron chi connectivity index (χ2n) is 5.22. The summed E-state index contributed by atoms with van der Waals surface area (Å²) in [5, 5.41) is 3.92. The maximum Gasteiger partial charge on any atom is 0.243 e. The third-order valence-electron chi connectivity index (χ3n) is 3.69. The molecular weight excluding hydrogens is 292 g/mol. The van der Waals surface area contributed by atoms with Gasteiger partial charge in [0, 0.05) is 19.3 Å². The second-order valence-corrected chi connectivity index (χ2v) is 6.90. The summed E-state index contributed by atoms with van der Waals surface area (Å²) in [6.45, 7) is 1.69. The van der Waals surface area contributed by atoms with Crippen LogP contribution < -0.4 is 4.72 Å². The lowest BCUT2D eigenvalue weighted by Crippen LogP contribution is -2.44. The molecule has 3 rings (SSSR count). The number of hydrogen-bond acceptors (Lipinski definition) is 6. The van der Waals surface area contributed by atoms with Crippen LogP contribution in [0.4, 0.5) is 0 Å². The third-order valence-corrected chi connectivity index (χ3v) is 5.21. The average Bonchev–Trinajstić information content (AvgIpc) is 3.09. The minimum Gasteiger partial charge on any atom is -0.340 e. The van der Waals surface area contributed by atoms with Crippen molar-refractivity contribution in [3.05, 3.63) is 36.2 Å². The van der Waals surface area contributed by atoms with Crippen molar-refractivity contribution < 1.29 is 12.9 Å². The Morgan fingerprint density at radius 3 is 2.67 bits per heavy atom. The molecule has 0 amide bonds. The SMILES string of the molecule is Cc1nc(C2(NS(=O)(=O)c3cccnc3)CCCC2)no1. The van der Waals surface area contributed by atoms with Crippen molar-refractivity contribution in [3.63, 3.8) is 0 Å². The molecule has 0 spiro atoms. The average molecular weight is 308 g/mol. The molecule has 0 atom stereocenters. The van der Waals surface area contributed by atoms with Crippen LogP contribution in [0.25, 0.3) is 0 Å². The molecule has 1 aliphatic carbocycles. The molecule has 0 bridgehead atoms. The molecule has 1 fully saturated rings. The molecule has 7 nitrogen and oxygen atoms in total. The van der Waals surface area contributed by atoms with Gasteiger partial charge in [0.1, 0.15) is 4.90 Å². The van der Waals surface area contributed by atoms with Gasteiger partial charge in [-0.2, -0.15) is 9.71 Å². The van der Waals surface area contributed by atoms with Gasteiger partial charge in [-0.25, -0.2) is 8.42 Å². The summed E-state index contributed by atoms with van der Waals surface area (Å²) >= 11 is 0. The largest absolute Gasteiger partial charge is 0.340 e. The van der Waals surface area contributed by atoms with Gasteiger partial charge >= 0.3 is 0 Å². The Morgan fingerprint density at radius 2 is 2.10 bits per heavy atom. The zero-order valence-electron chi connectivity index (χ0n) is 11.6. The van der Waals surface area contributed by atoms with Gasteiger partial charge in [0.05, 0.1) is 5.54 Å². The molecule has 2 aromatic heterocycles. The predicted molar refractivity (Wildman–Crippen MR) is 73.7 cm³/mol. The zero-order valence-corrected chi connectivity index (χ0v) is 12.4. The summed E-state index contributed by atoms with van der Waals surface area (Å²) in [5.41, 5.74) is -0.785. The highest BCUT2D eigenvalue weighted by Gasteiger charge is 2.43. The van der Waals surface area contributed by atoms with Gasteiger partial charge in [-0.15, -0.1) is 0 Å². The van der Waals surface area contributed by atoms with Gasteiger partial charge in [-0.1, -0.05) is 18.0 Å². The molecule has 0 radical (unpaired) electrons. The number of nitrogens with zero attached hydrogens (tertiary/aromatic N) is 3. The Kier molecular flexibility index (Phi) is 3.50. The van der Waals surface area contributed by atoms with Crippen molar-refractivity contribution in [2.45, 2.75) is 43.0 Å². The quantitative estimate of drug-likeness (QED) is 0.919. The first-order chi connectivity index (χ1) is 10.0. The van der Waals surface area contributed by atoms with E-state index in [4.69, 9.17) is 4.52 Å². The van der Waals surface area contributed by atoms with Crippen LogP contribution in [0.5, 0.6) is 0 Å². The van der Waals surface area contributed by atoms with Crippen molar-refractivity contribution in [1.29, 1.82) is 0 Å². The molecule has 8 heteroatoms. The molecular formula is C13H16N4O3S. The smallest absolute Gasteiger partial charge is 0.243 e. The standard InChI is InChI=1S/C13H16N4O3S/c1-10-15-12(16-20-10)13(6-2-3-7-13)17-21(18,19)11-5-4-8-14-9-11/h4-5,8-9,17H,2-3,6-7H2,1H3. The van der Waals surface area contributed by atoms with Gasteiger partial charge in [-0.05, 0) is 25.0 Å². The summed E-state index contributed by atoms with van der Waals surface area (Å²) in [6.07, 6.45) is 6.02. The highest BCUT2D eigenvalue weighted by molar-refractivity contribution is 7.89. The number of aromatic nitrogens is 3. The first kappa shape index (κ1) is 14.2. The Balaban J connectivity index is 1.97. The predicted octanol–water partition coefficient (Wildman–Crippen LogP) is 1.52. The summed E-state index contributed by atoms with van der Waals surface area (Å²) in [7, 11) is -3.68. The maximum absolute atomic E-state index is 12.5. The fourth-order valence-corrected chi connectivity index (χ4v) is 4.05. The number of aryl methyl sites for hydroxylation is 1. The van der Waals surface area contributed by atoms with Crippen LogP contribution in [-0.2, 0) is 15.6 Å². The van der Waals surface area contributed by atoms with E-state index < -0.39 is 15.6 Å². The minimum atomic E-state index is -3.68. The molecule has 21 heavy (non-hydrogen) atoms. The van der Waals surface area contributed by atoms with Crippen LogP contribution >= 0.6 is 0 Å². The highest BCUT2D eigenvalue weighted by atomic mass is 32.2. The lowest BCUT2D eigenvalue weighted by Gasteiger charge is -2.26. The second kappa shape index (κ2) is 5.19. The molecule has 2 aromatic rings. The molecule has 1 saturated carbocycles. The molecule has 0 aliphatic heterocycles. The molecule has 1 N–H and O–H groups in total. The summed E-state index contributed by atoms with van der Waals surface area (Å²) in [5.74, 6) is 0.835. The Labute approximate surface area is 122 Å². The number of sulfonamides is 1. The molecule has 1 aliphatic rings. The lowest BCUT2D eigenvalue weighted by molar-refractivity contribution is 0.338. The van der Waals surface area contributed by atoms with Gasteiger partial charge in [0.25, 0.3) is 0 Å². The molecule has 112 valence electrons. The molecule has 0 unspecified atom stereocenters. The highest BCUT2D eigenvalue weighted by Crippen LogP contribution is 2.38. The van der Waals surface area contributed by atoms with E-state index in [0.717, 1.165) is 12.8 Å². The van der Waals surface area contributed by atoms with E-state index in [1.807, 2.05) is 0 Å². The summed E-state index contributed by atoms with van der Waals surface area (Å²) in [6, 6.07) is 3.11. The van der Waals surface area contributed by atoms with Crippen LogP contribution in [0.15, 0.2) is 33.9 Å². The Hall–Kier alpha value is -1.80. The third kappa shape index (κ3) is 2.68. The van der Waals surface area contributed by atoms with E-state index in [1.165, 1.54) is 18.5 Å². The molecule has 0 saturated heterocycles. The molecule has 2 heterocycles. The van der Waals surface area contributed by atoms with Crippen molar-refractivity contribution in [1.82, 2.24) is 19.8 Å². The van der Waals surface area contributed by atoms with Crippen molar-refractivity contribution >= 4 is 10.0 Å². The maximum atomic E-state index is 12.5. The van der Waals surface area contributed by atoms with Crippen LogP contribution in [0.1, 0.15) is 37.4 Å². The number of rotatable bonds is 4. The van der Waals surface area contributed by atoms with Crippen LogP contribution in [0.2, 0.25) is 0 Å². The van der Waals surface area contributed by atoms with E-state index in [2.05, 4.69) is 19.8 Å². The van der Waals surface area contributed by atoms with Gasteiger partial charge in [0.15, 0.2) is 5.82 Å². The van der Waals surface area contributed by atoms with Gasteiger partial charge < -0.3 is 4.52 Å². The number of pyridine rings is 1. The number of nitrogens with one attached hydrogen (secondary N) is 1. The first-order valence-corrected chi connectivity index (χ1v) is 8.25. The van der Waals surface area contributed by atoms with Crippen LogP contribution in [0.3, 0.4) is 0 Å². The van der Waals surface area contributed by atoms with E-state index in [0.29, 0.717) is 24.6 Å². The monoisotopic (exact) mass is 308 g/mol. The fraction of sp³-hybridized carbons (Fsp3) is 0.462. The summed E-state index contributed by atoms with van der Waals surface area (Å²) < 4.78 is 32.8. The fourth-order valence-electron chi connectivity index (χ4n) is 2.67. The van der Waals surface area contributed by atoms with E-state index in [1.54, 1.807) is 13.0 Å². The topological polar surface area (TPSA) is 98.0 Å². The van der Waals surface area contributed by atoms with Crippen molar-refractivity contribution in [2.24, 2.45) is 0 Å².